The third-order valence-electron chi connectivity index (χ3n) is 4.15. The largest absolute Gasteiger partial charge is 0.493 e. The fourth-order valence-electron chi connectivity index (χ4n) is 2.74. The van der Waals surface area contributed by atoms with Gasteiger partial charge in [-0.15, -0.1) is 0 Å². The van der Waals surface area contributed by atoms with E-state index in [1.54, 1.807) is 50.6 Å². The van der Waals surface area contributed by atoms with Crippen LogP contribution in [-0.4, -0.2) is 41.3 Å². The molecule has 7 nitrogen and oxygen atoms in total. The first-order chi connectivity index (χ1) is 13.3. The van der Waals surface area contributed by atoms with Crippen molar-refractivity contribution in [3.8, 4) is 11.5 Å². The SMILES string of the molecule is COc1ccc(CNC(=O)CCCN(c2ccccc2)S(C)(=O)=O)cc1OC. The summed E-state index contributed by atoms with van der Waals surface area (Å²) in [7, 11) is -0.290. The summed E-state index contributed by atoms with van der Waals surface area (Å²) in [5.74, 6) is 1.08. The Balaban J connectivity index is 1.86. The number of ether oxygens (including phenoxy) is 2. The maximum absolute atomic E-state index is 12.1. The molecule has 0 saturated heterocycles. The number of benzene rings is 2. The zero-order valence-corrected chi connectivity index (χ0v) is 17.2. The second-order valence-corrected chi connectivity index (χ2v) is 8.15. The van der Waals surface area contributed by atoms with Gasteiger partial charge in [0.15, 0.2) is 11.5 Å². The first kappa shape index (κ1) is 21.6. The van der Waals surface area contributed by atoms with E-state index in [1.807, 2.05) is 12.1 Å². The van der Waals surface area contributed by atoms with Gasteiger partial charge in [-0.25, -0.2) is 8.42 Å². The van der Waals surface area contributed by atoms with Gasteiger partial charge in [-0.05, 0) is 36.2 Å². The third kappa shape index (κ3) is 6.16. The van der Waals surface area contributed by atoms with E-state index in [1.165, 1.54) is 4.31 Å². The van der Waals surface area contributed by atoms with Gasteiger partial charge in [-0.2, -0.15) is 0 Å². The number of para-hydroxylation sites is 1. The number of anilines is 1. The maximum atomic E-state index is 12.1. The molecule has 0 heterocycles. The second kappa shape index (κ2) is 9.98. The first-order valence-corrected chi connectivity index (χ1v) is 10.7. The quantitative estimate of drug-likeness (QED) is 0.656. The number of rotatable bonds is 10. The van der Waals surface area contributed by atoms with Crippen molar-refractivity contribution in [1.82, 2.24) is 5.32 Å². The molecular formula is C20H26N2O5S. The van der Waals surface area contributed by atoms with Gasteiger partial charge >= 0.3 is 0 Å². The lowest BCUT2D eigenvalue weighted by atomic mass is 10.2. The molecule has 0 spiro atoms. The molecule has 0 saturated carbocycles. The van der Waals surface area contributed by atoms with E-state index in [9.17, 15) is 13.2 Å². The Morgan fingerprint density at radius 1 is 1.04 bits per heavy atom. The molecule has 0 aliphatic carbocycles. The van der Waals surface area contributed by atoms with Gasteiger partial charge in [0.2, 0.25) is 15.9 Å². The molecule has 152 valence electrons. The van der Waals surface area contributed by atoms with Crippen molar-refractivity contribution in [2.24, 2.45) is 0 Å². The Bertz CT molecular complexity index is 885. The summed E-state index contributed by atoms with van der Waals surface area (Å²) in [6.45, 7) is 0.598. The first-order valence-electron chi connectivity index (χ1n) is 8.85. The molecule has 0 fully saturated rings. The van der Waals surface area contributed by atoms with Gasteiger partial charge in [0.1, 0.15) is 0 Å². The van der Waals surface area contributed by atoms with Crippen LogP contribution in [0.1, 0.15) is 18.4 Å². The molecule has 2 aromatic rings. The Kier molecular flexibility index (Phi) is 7.69. The van der Waals surface area contributed by atoms with Crippen LogP contribution in [0.4, 0.5) is 5.69 Å². The van der Waals surface area contributed by atoms with Crippen LogP contribution >= 0.6 is 0 Å². The average Bonchev–Trinajstić information content (AvgIpc) is 2.69. The topological polar surface area (TPSA) is 84.9 Å². The molecular weight excluding hydrogens is 380 g/mol. The van der Waals surface area contributed by atoms with Crippen molar-refractivity contribution in [3.63, 3.8) is 0 Å². The van der Waals surface area contributed by atoms with E-state index in [0.717, 1.165) is 11.8 Å². The number of amides is 1. The number of carbonyl (C=O) groups excluding carboxylic acids is 1. The number of hydrogen-bond acceptors (Lipinski definition) is 5. The Morgan fingerprint density at radius 2 is 1.71 bits per heavy atom. The molecule has 8 heteroatoms. The molecule has 0 bridgehead atoms. The van der Waals surface area contributed by atoms with Crippen LogP contribution in [0.5, 0.6) is 11.5 Å². The predicted molar refractivity (Wildman–Crippen MR) is 109 cm³/mol. The summed E-state index contributed by atoms with van der Waals surface area (Å²) in [4.78, 5) is 12.1. The van der Waals surface area contributed by atoms with E-state index < -0.39 is 10.0 Å². The maximum Gasteiger partial charge on any atom is 0.232 e. The number of hydrogen-bond donors (Lipinski definition) is 1. The lowest BCUT2D eigenvalue weighted by molar-refractivity contribution is -0.121. The van der Waals surface area contributed by atoms with Crippen molar-refractivity contribution >= 4 is 21.6 Å². The number of sulfonamides is 1. The highest BCUT2D eigenvalue weighted by molar-refractivity contribution is 7.92. The van der Waals surface area contributed by atoms with Crippen molar-refractivity contribution in [2.75, 3.05) is 31.3 Å². The number of nitrogens with one attached hydrogen (secondary N) is 1. The molecule has 1 N–H and O–H groups in total. The molecule has 0 radical (unpaired) electrons. The van der Waals surface area contributed by atoms with E-state index in [4.69, 9.17) is 9.47 Å². The number of carbonyl (C=O) groups is 1. The minimum atomic E-state index is -3.41. The lowest BCUT2D eigenvalue weighted by Crippen LogP contribution is -2.32. The predicted octanol–water partition coefficient (Wildman–Crippen LogP) is 2.57. The number of methoxy groups -OCH3 is 2. The minimum Gasteiger partial charge on any atom is -0.493 e. The van der Waals surface area contributed by atoms with E-state index in [2.05, 4.69) is 5.32 Å². The van der Waals surface area contributed by atoms with E-state index in [-0.39, 0.29) is 18.9 Å². The zero-order valence-electron chi connectivity index (χ0n) is 16.3. The number of nitrogens with zero attached hydrogens (tertiary/aromatic N) is 1. The minimum absolute atomic E-state index is 0.142. The van der Waals surface area contributed by atoms with E-state index >= 15 is 0 Å². The fourth-order valence-corrected chi connectivity index (χ4v) is 3.71. The molecule has 2 aromatic carbocycles. The van der Waals surface area contributed by atoms with Gasteiger partial charge < -0.3 is 14.8 Å². The smallest absolute Gasteiger partial charge is 0.232 e. The highest BCUT2D eigenvalue weighted by Gasteiger charge is 2.17. The van der Waals surface area contributed by atoms with E-state index in [0.29, 0.717) is 30.2 Å². The summed E-state index contributed by atoms with van der Waals surface area (Å²) < 4.78 is 35.8. The highest BCUT2D eigenvalue weighted by atomic mass is 32.2. The monoisotopic (exact) mass is 406 g/mol. The van der Waals surface area contributed by atoms with Crippen LogP contribution in [0.25, 0.3) is 0 Å². The highest BCUT2D eigenvalue weighted by Crippen LogP contribution is 2.27. The van der Waals surface area contributed by atoms with Crippen LogP contribution < -0.4 is 19.1 Å². The molecule has 0 unspecified atom stereocenters. The van der Waals surface area contributed by atoms with Gasteiger partial charge in [-0.1, -0.05) is 24.3 Å². The van der Waals surface area contributed by atoms with Crippen LogP contribution in [0, 0.1) is 0 Å². The Hall–Kier alpha value is -2.74. The molecule has 0 aliphatic heterocycles. The van der Waals surface area contributed by atoms with Crippen LogP contribution in [-0.2, 0) is 21.4 Å². The van der Waals surface area contributed by atoms with Crippen LogP contribution in [0.2, 0.25) is 0 Å². The van der Waals surface area contributed by atoms with Crippen LogP contribution in [0.3, 0.4) is 0 Å². The van der Waals surface area contributed by atoms with Crippen molar-refractivity contribution in [2.45, 2.75) is 19.4 Å². The van der Waals surface area contributed by atoms with Gasteiger partial charge in [-0.3, -0.25) is 9.10 Å². The summed E-state index contributed by atoms with van der Waals surface area (Å²) in [6.07, 6.45) is 1.81. The third-order valence-corrected chi connectivity index (χ3v) is 5.34. The van der Waals surface area contributed by atoms with Gasteiger partial charge in [0.25, 0.3) is 0 Å². The fraction of sp³-hybridized carbons (Fsp3) is 0.350. The lowest BCUT2D eigenvalue weighted by Gasteiger charge is -2.22. The summed E-state index contributed by atoms with van der Waals surface area (Å²) >= 11 is 0. The standard InChI is InChI=1S/C20H26N2O5S/c1-26-18-12-11-16(14-19(18)27-2)15-21-20(23)10-7-13-22(28(3,24)25)17-8-5-4-6-9-17/h4-6,8-9,11-12,14H,7,10,13,15H2,1-3H3,(H,21,23). The Morgan fingerprint density at radius 3 is 2.32 bits per heavy atom. The molecule has 0 atom stereocenters. The molecule has 0 aromatic heterocycles. The van der Waals surface area contributed by atoms with Crippen molar-refractivity contribution < 1.29 is 22.7 Å². The van der Waals surface area contributed by atoms with Crippen LogP contribution in [0.15, 0.2) is 48.5 Å². The van der Waals surface area contributed by atoms with Gasteiger partial charge in [0.05, 0.1) is 26.2 Å². The van der Waals surface area contributed by atoms with Gasteiger partial charge in [0, 0.05) is 19.5 Å². The zero-order chi connectivity index (χ0) is 20.6. The normalized spacial score (nSPS) is 11.0. The molecule has 28 heavy (non-hydrogen) atoms. The van der Waals surface area contributed by atoms with Crippen molar-refractivity contribution in [1.29, 1.82) is 0 Å². The molecule has 2 rings (SSSR count). The molecule has 0 aliphatic rings. The van der Waals surface area contributed by atoms with Crippen molar-refractivity contribution in [3.05, 3.63) is 54.1 Å². The Labute approximate surface area is 166 Å². The molecule has 1 amide bonds. The summed E-state index contributed by atoms with van der Waals surface area (Å²) in [5.41, 5.74) is 1.48. The average molecular weight is 407 g/mol. The summed E-state index contributed by atoms with van der Waals surface area (Å²) in [5, 5.41) is 2.84. The second-order valence-electron chi connectivity index (χ2n) is 6.24. The summed E-state index contributed by atoms with van der Waals surface area (Å²) in [6, 6.07) is 14.3.